The minimum Gasteiger partial charge on any atom is -0.372 e. The lowest BCUT2D eigenvalue weighted by molar-refractivity contribution is 0.134. The van der Waals surface area contributed by atoms with Gasteiger partial charge in [-0.05, 0) is 23.1 Å². The normalized spacial score (nSPS) is 15.3. The van der Waals surface area contributed by atoms with E-state index in [1.165, 1.54) is 11.1 Å². The van der Waals surface area contributed by atoms with Crippen molar-refractivity contribution in [3.63, 3.8) is 0 Å². The van der Waals surface area contributed by atoms with Crippen molar-refractivity contribution in [2.75, 3.05) is 0 Å². The van der Waals surface area contributed by atoms with E-state index in [1.807, 2.05) is 12.4 Å². The second kappa shape index (κ2) is 5.75. The minimum atomic E-state index is -0.0950. The zero-order valence-corrected chi connectivity index (χ0v) is 11.7. The summed E-state index contributed by atoms with van der Waals surface area (Å²) in [5, 5.41) is 0. The summed E-state index contributed by atoms with van der Waals surface area (Å²) in [5.41, 5.74) is 6.52. The van der Waals surface area contributed by atoms with Crippen molar-refractivity contribution in [2.45, 2.75) is 39.1 Å². The molecular weight excluding hydrogens is 252 g/mol. The van der Waals surface area contributed by atoms with Crippen LogP contribution in [0.15, 0.2) is 30.6 Å². The number of fused-ring (bicyclic) bond motifs is 1. The van der Waals surface area contributed by atoms with Crippen LogP contribution < -0.4 is 11.3 Å². The second-order valence-corrected chi connectivity index (χ2v) is 5.10. The number of rotatable bonds is 5. The molecule has 106 valence electrons. The molecule has 3 N–H and O–H groups in total. The maximum absolute atomic E-state index is 5.77. The molecule has 0 aliphatic carbocycles. The van der Waals surface area contributed by atoms with Gasteiger partial charge in [0.05, 0.1) is 13.2 Å². The van der Waals surface area contributed by atoms with E-state index in [4.69, 9.17) is 10.6 Å². The summed E-state index contributed by atoms with van der Waals surface area (Å²) in [6.07, 6.45) is 4.89. The molecule has 3 rings (SSSR count). The predicted molar refractivity (Wildman–Crippen MR) is 76.6 cm³/mol. The van der Waals surface area contributed by atoms with Crippen LogP contribution in [0.5, 0.6) is 0 Å². The number of benzene rings is 1. The highest BCUT2D eigenvalue weighted by atomic mass is 16.5. The quantitative estimate of drug-likeness (QED) is 0.644. The van der Waals surface area contributed by atoms with E-state index in [0.29, 0.717) is 13.2 Å². The van der Waals surface area contributed by atoms with E-state index in [9.17, 15) is 0 Å². The third-order valence-electron chi connectivity index (χ3n) is 3.72. The molecule has 1 unspecified atom stereocenters. The molecule has 0 amide bonds. The molecule has 0 saturated carbocycles. The van der Waals surface area contributed by atoms with E-state index in [1.54, 1.807) is 0 Å². The van der Waals surface area contributed by atoms with E-state index in [2.05, 4.69) is 40.1 Å². The van der Waals surface area contributed by atoms with Crippen molar-refractivity contribution < 1.29 is 4.74 Å². The summed E-state index contributed by atoms with van der Waals surface area (Å²) >= 11 is 0. The first-order valence-corrected chi connectivity index (χ1v) is 7.00. The first-order valence-electron chi connectivity index (χ1n) is 7.00. The van der Waals surface area contributed by atoms with Crippen molar-refractivity contribution in [1.82, 2.24) is 15.0 Å². The molecule has 0 radical (unpaired) electrons. The number of nitrogens with zero attached hydrogens (tertiary/aromatic N) is 2. The topological polar surface area (TPSA) is 65.1 Å². The van der Waals surface area contributed by atoms with Crippen LogP contribution in [0.2, 0.25) is 0 Å². The number of nitrogens with two attached hydrogens (primary N) is 1. The number of hydrogen-bond acceptors (Lipinski definition) is 4. The molecule has 2 aromatic rings. The number of aryl methyl sites for hydroxylation is 1. The van der Waals surface area contributed by atoms with E-state index >= 15 is 0 Å². The lowest BCUT2D eigenvalue weighted by Crippen LogP contribution is -2.31. The third kappa shape index (κ3) is 2.35. The van der Waals surface area contributed by atoms with Crippen LogP contribution in [0.3, 0.4) is 0 Å². The number of imidazole rings is 1. The van der Waals surface area contributed by atoms with Crippen molar-refractivity contribution in [2.24, 2.45) is 5.84 Å². The van der Waals surface area contributed by atoms with Crippen molar-refractivity contribution in [1.29, 1.82) is 0 Å². The van der Waals surface area contributed by atoms with Crippen molar-refractivity contribution in [3.05, 3.63) is 53.1 Å². The Hall–Kier alpha value is -1.69. The summed E-state index contributed by atoms with van der Waals surface area (Å²) in [6.45, 7) is 4.49. The number of nitrogens with one attached hydrogen (secondary N) is 1. The van der Waals surface area contributed by atoms with Gasteiger partial charge in [-0.15, -0.1) is 0 Å². The van der Waals surface area contributed by atoms with Gasteiger partial charge in [-0.2, -0.15) is 0 Å². The molecule has 1 atom stereocenters. The molecule has 5 nitrogen and oxygen atoms in total. The highest BCUT2D eigenvalue weighted by molar-refractivity contribution is 5.36. The summed E-state index contributed by atoms with van der Waals surface area (Å²) in [4.78, 5) is 4.47. The minimum absolute atomic E-state index is 0.0950. The average molecular weight is 272 g/mol. The summed E-state index contributed by atoms with van der Waals surface area (Å²) in [6, 6.07) is 6.29. The number of hydrogen-bond donors (Lipinski definition) is 2. The van der Waals surface area contributed by atoms with Gasteiger partial charge in [-0.3, -0.25) is 5.84 Å². The fraction of sp³-hybridized carbons (Fsp3) is 0.400. The van der Waals surface area contributed by atoms with Gasteiger partial charge in [-0.25, -0.2) is 10.4 Å². The highest BCUT2D eigenvalue weighted by Crippen LogP contribution is 2.26. The Balaban J connectivity index is 1.95. The van der Waals surface area contributed by atoms with Crippen molar-refractivity contribution >= 4 is 0 Å². The van der Waals surface area contributed by atoms with Crippen LogP contribution in [0.1, 0.15) is 41.9 Å². The van der Waals surface area contributed by atoms with Gasteiger partial charge in [0, 0.05) is 18.9 Å². The Morgan fingerprint density at radius 3 is 3.05 bits per heavy atom. The SMILES string of the molecule is CCCn1ccnc1C(NN)c1ccc2c(c1)COC2. The van der Waals surface area contributed by atoms with Crippen LogP contribution in [0, 0.1) is 0 Å². The molecule has 1 aliphatic rings. The number of aromatic nitrogens is 2. The molecule has 0 bridgehead atoms. The first kappa shape index (κ1) is 13.3. The summed E-state index contributed by atoms with van der Waals surface area (Å²) in [7, 11) is 0. The molecule has 5 heteroatoms. The van der Waals surface area contributed by atoms with Gasteiger partial charge >= 0.3 is 0 Å². The second-order valence-electron chi connectivity index (χ2n) is 5.10. The molecular formula is C15H20N4O. The maximum atomic E-state index is 5.77. The predicted octanol–water partition coefficient (Wildman–Crippen LogP) is 1.88. The zero-order valence-electron chi connectivity index (χ0n) is 11.7. The van der Waals surface area contributed by atoms with E-state index < -0.39 is 0 Å². The molecule has 1 aromatic heterocycles. The molecule has 1 aliphatic heterocycles. The summed E-state index contributed by atoms with van der Waals surface area (Å²) in [5.74, 6) is 6.72. The van der Waals surface area contributed by atoms with Crippen LogP contribution in [-0.2, 0) is 24.5 Å². The van der Waals surface area contributed by atoms with Gasteiger partial charge in [0.1, 0.15) is 11.9 Å². The van der Waals surface area contributed by atoms with Crippen LogP contribution >= 0.6 is 0 Å². The fourth-order valence-electron chi connectivity index (χ4n) is 2.70. The molecule has 1 aromatic carbocycles. The Morgan fingerprint density at radius 2 is 2.25 bits per heavy atom. The largest absolute Gasteiger partial charge is 0.372 e. The molecule has 0 fully saturated rings. The van der Waals surface area contributed by atoms with Gasteiger partial charge < -0.3 is 9.30 Å². The maximum Gasteiger partial charge on any atom is 0.131 e. The van der Waals surface area contributed by atoms with Crippen LogP contribution in [0.25, 0.3) is 0 Å². The molecule has 0 saturated heterocycles. The van der Waals surface area contributed by atoms with Gasteiger partial charge in [0.25, 0.3) is 0 Å². The number of hydrazine groups is 1. The molecule has 2 heterocycles. The molecule has 20 heavy (non-hydrogen) atoms. The standard InChI is InChI=1S/C15H20N4O/c1-2-6-19-7-5-17-15(19)14(18-16)11-3-4-12-9-20-10-13(12)8-11/h3-5,7-8,14,18H,2,6,9-10,16H2,1H3. The average Bonchev–Trinajstić information content (AvgIpc) is 3.09. The summed E-state index contributed by atoms with van der Waals surface area (Å²) < 4.78 is 7.61. The molecule has 0 spiro atoms. The fourth-order valence-corrected chi connectivity index (χ4v) is 2.70. The van der Waals surface area contributed by atoms with Crippen LogP contribution in [0.4, 0.5) is 0 Å². The van der Waals surface area contributed by atoms with Gasteiger partial charge in [0.15, 0.2) is 0 Å². The van der Waals surface area contributed by atoms with Crippen LogP contribution in [-0.4, -0.2) is 9.55 Å². The van der Waals surface area contributed by atoms with Crippen molar-refractivity contribution in [3.8, 4) is 0 Å². The lowest BCUT2D eigenvalue weighted by atomic mass is 10.0. The zero-order chi connectivity index (χ0) is 13.9. The lowest BCUT2D eigenvalue weighted by Gasteiger charge is -2.18. The number of ether oxygens (including phenoxy) is 1. The third-order valence-corrected chi connectivity index (χ3v) is 3.72. The highest BCUT2D eigenvalue weighted by Gasteiger charge is 2.20. The van der Waals surface area contributed by atoms with Gasteiger partial charge in [-0.1, -0.05) is 25.1 Å². The monoisotopic (exact) mass is 272 g/mol. The Kier molecular flexibility index (Phi) is 3.82. The van der Waals surface area contributed by atoms with Gasteiger partial charge in [0.2, 0.25) is 0 Å². The first-order chi connectivity index (χ1) is 9.83. The Morgan fingerprint density at radius 1 is 1.40 bits per heavy atom. The van der Waals surface area contributed by atoms with E-state index in [-0.39, 0.29) is 6.04 Å². The smallest absolute Gasteiger partial charge is 0.131 e. The Labute approximate surface area is 118 Å². The van der Waals surface area contributed by atoms with E-state index in [0.717, 1.165) is 24.4 Å². The Bertz CT molecular complexity index is 593.